The molecule has 7 heteroatoms. The summed E-state index contributed by atoms with van der Waals surface area (Å²) < 4.78 is 5.14. The molecule has 0 bridgehead atoms. The van der Waals surface area contributed by atoms with Crippen LogP contribution in [0.2, 0.25) is 0 Å². The van der Waals surface area contributed by atoms with E-state index in [0.717, 1.165) is 5.39 Å². The lowest BCUT2D eigenvalue weighted by atomic mass is 10.1. The minimum Gasteiger partial charge on any atom is -0.497 e. The first-order chi connectivity index (χ1) is 12.6. The van der Waals surface area contributed by atoms with E-state index >= 15 is 0 Å². The van der Waals surface area contributed by atoms with Crippen LogP contribution in [0.15, 0.2) is 48.7 Å². The molecule has 3 aromatic rings. The number of nitrogens with zero attached hydrogens (tertiary/aromatic N) is 2. The van der Waals surface area contributed by atoms with E-state index in [2.05, 4.69) is 15.5 Å². The van der Waals surface area contributed by atoms with Crippen LogP contribution in [0.3, 0.4) is 0 Å². The highest BCUT2D eigenvalue weighted by Crippen LogP contribution is 2.18. The van der Waals surface area contributed by atoms with Gasteiger partial charge in [0.25, 0.3) is 5.91 Å². The zero-order chi connectivity index (χ0) is 18.5. The first kappa shape index (κ1) is 17.5. The zero-order valence-corrected chi connectivity index (χ0v) is 14.7. The Morgan fingerprint density at radius 3 is 2.81 bits per heavy atom. The fraction of sp³-hybridized carbons (Fsp3) is 0.211. The van der Waals surface area contributed by atoms with Crippen LogP contribution < -0.4 is 10.1 Å². The van der Waals surface area contributed by atoms with E-state index in [1.165, 1.54) is 4.90 Å². The Kier molecular flexibility index (Phi) is 5.17. The predicted octanol–water partition coefficient (Wildman–Crippen LogP) is 2.67. The number of methoxy groups -OCH3 is 1. The second kappa shape index (κ2) is 7.69. The fourth-order valence-corrected chi connectivity index (χ4v) is 2.72. The number of nitrogens with one attached hydrogen (secondary N) is 2. The van der Waals surface area contributed by atoms with Gasteiger partial charge in [-0.2, -0.15) is 5.10 Å². The topological polar surface area (TPSA) is 87.3 Å². The summed E-state index contributed by atoms with van der Waals surface area (Å²) in [4.78, 5) is 26.7. The number of anilines is 1. The summed E-state index contributed by atoms with van der Waals surface area (Å²) in [7, 11) is 1.56. The predicted molar refractivity (Wildman–Crippen MR) is 99.3 cm³/mol. The number of benzene rings is 2. The van der Waals surface area contributed by atoms with E-state index in [1.807, 2.05) is 13.0 Å². The molecule has 0 aliphatic carbocycles. The Labute approximate surface area is 151 Å². The van der Waals surface area contributed by atoms with Gasteiger partial charge in [0.2, 0.25) is 5.91 Å². The summed E-state index contributed by atoms with van der Waals surface area (Å²) in [6.07, 6.45) is 1.66. The van der Waals surface area contributed by atoms with Gasteiger partial charge in [-0.25, -0.2) is 0 Å². The Balaban J connectivity index is 1.73. The first-order valence-electron chi connectivity index (χ1n) is 8.27. The van der Waals surface area contributed by atoms with Crippen LogP contribution in [0, 0.1) is 0 Å². The minimum absolute atomic E-state index is 0.0446. The summed E-state index contributed by atoms with van der Waals surface area (Å²) in [5, 5.41) is 10.5. The molecular weight excluding hydrogens is 332 g/mol. The summed E-state index contributed by atoms with van der Waals surface area (Å²) >= 11 is 0. The largest absolute Gasteiger partial charge is 0.497 e. The van der Waals surface area contributed by atoms with Crippen molar-refractivity contribution in [1.29, 1.82) is 0 Å². The van der Waals surface area contributed by atoms with Gasteiger partial charge in [-0.05, 0) is 25.1 Å². The van der Waals surface area contributed by atoms with Crippen LogP contribution in [-0.4, -0.2) is 47.1 Å². The zero-order valence-electron chi connectivity index (χ0n) is 14.7. The van der Waals surface area contributed by atoms with E-state index in [1.54, 1.807) is 49.7 Å². The number of aromatic amines is 1. The van der Waals surface area contributed by atoms with Gasteiger partial charge in [0.15, 0.2) is 0 Å². The van der Waals surface area contributed by atoms with Crippen molar-refractivity contribution in [3.63, 3.8) is 0 Å². The average Bonchev–Trinajstić information content (AvgIpc) is 3.14. The van der Waals surface area contributed by atoms with Crippen LogP contribution in [0.25, 0.3) is 10.9 Å². The summed E-state index contributed by atoms with van der Waals surface area (Å²) in [6.45, 7) is 2.20. The van der Waals surface area contributed by atoms with Gasteiger partial charge in [-0.1, -0.05) is 18.2 Å². The van der Waals surface area contributed by atoms with Crippen molar-refractivity contribution in [2.24, 2.45) is 0 Å². The van der Waals surface area contributed by atoms with Crippen molar-refractivity contribution in [2.75, 3.05) is 25.5 Å². The molecule has 0 spiro atoms. The van der Waals surface area contributed by atoms with Crippen molar-refractivity contribution < 1.29 is 14.3 Å². The Hall–Kier alpha value is -3.35. The van der Waals surface area contributed by atoms with E-state index in [4.69, 9.17) is 4.74 Å². The number of ether oxygens (including phenoxy) is 1. The molecular formula is C19H20N4O3. The van der Waals surface area contributed by atoms with E-state index < -0.39 is 0 Å². The van der Waals surface area contributed by atoms with Crippen molar-refractivity contribution in [3.05, 3.63) is 54.2 Å². The number of rotatable bonds is 6. The van der Waals surface area contributed by atoms with Crippen LogP contribution in [0.4, 0.5) is 5.69 Å². The summed E-state index contributed by atoms with van der Waals surface area (Å²) in [5.41, 5.74) is 1.79. The second-order valence-electron chi connectivity index (χ2n) is 5.74. The third kappa shape index (κ3) is 3.66. The molecule has 0 saturated carbocycles. The Morgan fingerprint density at radius 1 is 1.23 bits per heavy atom. The van der Waals surface area contributed by atoms with Gasteiger partial charge in [0.1, 0.15) is 12.3 Å². The molecule has 0 atom stereocenters. The lowest BCUT2D eigenvalue weighted by molar-refractivity contribution is -0.116. The van der Waals surface area contributed by atoms with Crippen LogP contribution in [0.1, 0.15) is 17.3 Å². The number of likely N-dealkylation sites (N-methyl/N-ethyl adjacent to an activating group) is 1. The molecule has 2 aromatic carbocycles. The highest BCUT2D eigenvalue weighted by molar-refractivity contribution is 6.07. The molecule has 0 aliphatic rings. The maximum Gasteiger partial charge on any atom is 0.256 e. The monoisotopic (exact) mass is 352 g/mol. The SMILES string of the molecule is CCN(CC(=O)Nc1cccc(OC)c1)C(=O)c1cccc2cn[nH]c12. The van der Waals surface area contributed by atoms with E-state index in [-0.39, 0.29) is 18.4 Å². The summed E-state index contributed by atoms with van der Waals surface area (Å²) in [6, 6.07) is 12.5. The molecule has 26 heavy (non-hydrogen) atoms. The molecule has 0 aliphatic heterocycles. The Morgan fingerprint density at radius 2 is 2.04 bits per heavy atom. The minimum atomic E-state index is -0.273. The van der Waals surface area contributed by atoms with Crippen molar-refractivity contribution in [1.82, 2.24) is 15.1 Å². The first-order valence-corrected chi connectivity index (χ1v) is 8.27. The number of aromatic nitrogens is 2. The van der Waals surface area contributed by atoms with Crippen LogP contribution >= 0.6 is 0 Å². The molecule has 0 saturated heterocycles. The smallest absolute Gasteiger partial charge is 0.256 e. The molecule has 2 N–H and O–H groups in total. The van der Waals surface area contributed by atoms with Crippen LogP contribution in [-0.2, 0) is 4.79 Å². The lowest BCUT2D eigenvalue weighted by Gasteiger charge is -2.20. The molecule has 2 amide bonds. The van der Waals surface area contributed by atoms with Crippen molar-refractivity contribution >= 4 is 28.4 Å². The summed E-state index contributed by atoms with van der Waals surface area (Å²) in [5.74, 6) is 0.158. The standard InChI is InChI=1S/C19H20N4O3/c1-3-23(12-17(24)21-14-7-5-8-15(10-14)26-2)19(25)16-9-4-6-13-11-20-22-18(13)16/h4-11H,3,12H2,1-2H3,(H,20,22)(H,21,24). The van der Waals surface area contributed by atoms with Gasteiger partial charge >= 0.3 is 0 Å². The molecule has 0 radical (unpaired) electrons. The van der Waals surface area contributed by atoms with Gasteiger partial charge in [-0.3, -0.25) is 14.7 Å². The molecule has 0 unspecified atom stereocenters. The van der Waals surface area contributed by atoms with Crippen LogP contribution in [0.5, 0.6) is 5.75 Å². The lowest BCUT2D eigenvalue weighted by Crippen LogP contribution is -2.38. The number of hydrogen-bond donors (Lipinski definition) is 2. The number of hydrogen-bond acceptors (Lipinski definition) is 4. The molecule has 7 nitrogen and oxygen atoms in total. The van der Waals surface area contributed by atoms with Gasteiger partial charge in [-0.15, -0.1) is 0 Å². The quantitative estimate of drug-likeness (QED) is 0.714. The van der Waals surface area contributed by atoms with Crippen molar-refractivity contribution in [2.45, 2.75) is 6.92 Å². The fourth-order valence-electron chi connectivity index (χ4n) is 2.72. The van der Waals surface area contributed by atoms with Gasteiger partial charge < -0.3 is 15.0 Å². The van der Waals surface area contributed by atoms with Crippen molar-refractivity contribution in [3.8, 4) is 5.75 Å². The highest BCUT2D eigenvalue weighted by atomic mass is 16.5. The van der Waals surface area contributed by atoms with E-state index in [9.17, 15) is 9.59 Å². The third-order valence-electron chi connectivity index (χ3n) is 4.06. The number of H-pyrrole nitrogens is 1. The maximum atomic E-state index is 12.9. The molecule has 3 rings (SSSR count). The number of para-hydroxylation sites is 1. The third-order valence-corrected chi connectivity index (χ3v) is 4.06. The average molecular weight is 352 g/mol. The number of amides is 2. The normalized spacial score (nSPS) is 10.5. The molecule has 1 heterocycles. The maximum absolute atomic E-state index is 12.9. The molecule has 1 aromatic heterocycles. The highest BCUT2D eigenvalue weighted by Gasteiger charge is 2.20. The van der Waals surface area contributed by atoms with Gasteiger partial charge in [0.05, 0.1) is 24.4 Å². The second-order valence-corrected chi connectivity index (χ2v) is 5.74. The molecule has 134 valence electrons. The van der Waals surface area contributed by atoms with Gasteiger partial charge in [0, 0.05) is 23.7 Å². The number of carbonyl (C=O) groups is 2. The number of carbonyl (C=O) groups excluding carboxylic acids is 2. The Bertz CT molecular complexity index is 935. The van der Waals surface area contributed by atoms with E-state index in [0.29, 0.717) is 29.1 Å². The number of fused-ring (bicyclic) bond motifs is 1. The molecule has 0 fully saturated rings.